The zero-order valence-electron chi connectivity index (χ0n) is 7.84. The standard InChI is InChI=1S/C5H14NO.Ca.ClH2O4P.2H/c1-6(2,3)4-5-7;;1-5-6(2,3)4;;/h7H,4-5H2,1-3H3;;(H2,2,3,4);;/q+1;;;;. The Morgan fingerprint density at radius 1 is 1.36 bits per heavy atom. The van der Waals surface area contributed by atoms with Crippen LogP contribution < -0.4 is 0 Å². The van der Waals surface area contributed by atoms with Gasteiger partial charge in [-0.3, -0.25) is 0 Å². The van der Waals surface area contributed by atoms with Crippen LogP contribution in [0.4, 0.5) is 0 Å². The quantitative estimate of drug-likeness (QED) is 0.351. The van der Waals surface area contributed by atoms with Gasteiger partial charge in [-0.1, -0.05) is 0 Å². The molecule has 0 fully saturated rings. The zero-order chi connectivity index (χ0) is 11.1. The van der Waals surface area contributed by atoms with Gasteiger partial charge in [0.05, 0.1) is 39.6 Å². The van der Waals surface area contributed by atoms with Crippen molar-refractivity contribution in [2.24, 2.45) is 0 Å². The van der Waals surface area contributed by atoms with Crippen molar-refractivity contribution < 1.29 is 28.0 Å². The summed E-state index contributed by atoms with van der Waals surface area (Å²) in [6.07, 6.45) is 0. The Morgan fingerprint density at radius 2 is 1.64 bits per heavy atom. The van der Waals surface area contributed by atoms with Gasteiger partial charge < -0.3 is 19.4 Å². The molecule has 0 atom stereocenters. The molecule has 0 unspecified atom stereocenters. The molecule has 0 aromatic heterocycles. The summed E-state index contributed by atoms with van der Waals surface area (Å²) in [5.41, 5.74) is 0. The van der Waals surface area contributed by atoms with Crippen LogP contribution in [-0.2, 0) is 8.64 Å². The van der Waals surface area contributed by atoms with E-state index in [1.807, 2.05) is 0 Å². The summed E-state index contributed by atoms with van der Waals surface area (Å²) in [7, 11) is 1.77. The van der Waals surface area contributed by atoms with Gasteiger partial charge in [0.1, 0.15) is 6.54 Å². The van der Waals surface area contributed by atoms with Gasteiger partial charge in [0.15, 0.2) is 0 Å². The number of aliphatic hydroxyl groups is 1. The molecule has 0 heterocycles. The van der Waals surface area contributed by atoms with Gasteiger partial charge in [-0.15, -0.1) is 0 Å². The molecule has 0 spiro atoms. The second-order valence-corrected chi connectivity index (χ2v) is 4.83. The number of likely N-dealkylation sites (N-methyl/N-ethyl adjacent to an activating group) is 1. The van der Waals surface area contributed by atoms with Gasteiger partial charge in [0.25, 0.3) is 0 Å². The SMILES string of the molecule is C[N+](C)(C)CCO.O=P(O)(O)OCl.[CaH2]. The van der Waals surface area contributed by atoms with Gasteiger partial charge in [-0.2, -0.15) is 4.08 Å². The van der Waals surface area contributed by atoms with E-state index in [0.29, 0.717) is 0 Å². The molecule has 14 heavy (non-hydrogen) atoms. The number of hydrogen-bond acceptors (Lipinski definition) is 3. The Kier molecular flexibility index (Phi) is 14.6. The van der Waals surface area contributed by atoms with Gasteiger partial charge in [-0.05, 0) is 0 Å². The van der Waals surface area contributed by atoms with Crippen LogP contribution in [0.15, 0.2) is 0 Å². The molecule has 86 valence electrons. The fourth-order valence-corrected chi connectivity index (χ4v) is 0.300. The Hall–Kier alpha value is 1.58. The molecule has 9 heteroatoms. The molecular weight excluding hydrogens is 261 g/mol. The summed E-state index contributed by atoms with van der Waals surface area (Å²) in [5, 5.41) is 8.39. The number of aliphatic hydroxyl groups excluding tert-OH is 1. The minimum absolute atomic E-state index is 0. The Bertz CT molecular complexity index is 170. The van der Waals surface area contributed by atoms with E-state index in [0.717, 1.165) is 11.0 Å². The zero-order valence-corrected chi connectivity index (χ0v) is 9.50. The molecule has 0 amide bonds. The van der Waals surface area contributed by atoms with Crippen LogP contribution >= 0.6 is 19.7 Å². The second kappa shape index (κ2) is 9.78. The number of phosphoric acid groups is 1. The summed E-state index contributed by atoms with van der Waals surface area (Å²) in [6.45, 7) is 1.11. The van der Waals surface area contributed by atoms with Crippen molar-refractivity contribution in [1.82, 2.24) is 0 Å². The topological polar surface area (TPSA) is 87.0 Å². The average molecular weight is 279 g/mol. The van der Waals surface area contributed by atoms with Gasteiger partial charge in [0, 0.05) is 0 Å². The molecule has 3 N–H and O–H groups in total. The van der Waals surface area contributed by atoms with Crippen molar-refractivity contribution in [1.29, 1.82) is 0 Å². The van der Waals surface area contributed by atoms with Crippen molar-refractivity contribution >= 4 is 57.4 Å². The molecule has 0 saturated carbocycles. The van der Waals surface area contributed by atoms with E-state index in [1.165, 1.54) is 0 Å². The van der Waals surface area contributed by atoms with Crippen molar-refractivity contribution in [3.05, 3.63) is 0 Å². The first-order chi connectivity index (χ1) is 5.62. The van der Waals surface area contributed by atoms with Crippen LogP contribution in [0.25, 0.3) is 0 Å². The average Bonchev–Trinajstić information content (AvgIpc) is 1.84. The number of quaternary nitrogens is 1. The Balaban J connectivity index is -0.000000163. The summed E-state index contributed by atoms with van der Waals surface area (Å²) in [4.78, 5) is 15.2. The van der Waals surface area contributed by atoms with Crippen molar-refractivity contribution in [3.63, 3.8) is 0 Å². The van der Waals surface area contributed by atoms with Crippen LogP contribution in [0, 0.1) is 0 Å². The van der Waals surface area contributed by atoms with Crippen LogP contribution in [0.5, 0.6) is 0 Å². The predicted octanol–water partition coefficient (Wildman–Crippen LogP) is -0.982. The van der Waals surface area contributed by atoms with Crippen LogP contribution in [0.3, 0.4) is 0 Å². The number of rotatable bonds is 3. The van der Waals surface area contributed by atoms with E-state index in [9.17, 15) is 4.57 Å². The maximum absolute atomic E-state index is 9.34. The molecule has 0 saturated heterocycles. The van der Waals surface area contributed by atoms with Crippen molar-refractivity contribution in [3.8, 4) is 0 Å². The van der Waals surface area contributed by atoms with E-state index >= 15 is 0 Å². The summed E-state index contributed by atoms with van der Waals surface area (Å²) in [5.74, 6) is 0. The summed E-state index contributed by atoms with van der Waals surface area (Å²) >= 11 is 4.21. The normalized spacial score (nSPS) is 11.1. The molecule has 6 nitrogen and oxygen atoms in total. The third-order valence-electron chi connectivity index (χ3n) is 0.861. The van der Waals surface area contributed by atoms with E-state index in [-0.39, 0.29) is 44.3 Å². The summed E-state index contributed by atoms with van der Waals surface area (Å²) < 4.78 is 13.3. The van der Waals surface area contributed by atoms with Crippen LogP contribution in [0.2, 0.25) is 0 Å². The van der Waals surface area contributed by atoms with Crippen molar-refractivity contribution in [2.45, 2.75) is 0 Å². The minimum atomic E-state index is -4.38. The summed E-state index contributed by atoms with van der Waals surface area (Å²) in [6, 6.07) is 0. The Labute approximate surface area is 119 Å². The molecular formula is C5H18CaClNO5P+. The molecule has 0 aliphatic carbocycles. The third-order valence-corrected chi connectivity index (χ3v) is 1.58. The fraction of sp³-hybridized carbons (Fsp3) is 1.00. The predicted molar refractivity (Wildman–Crippen MR) is 57.5 cm³/mol. The maximum atomic E-state index is 9.34. The van der Waals surface area contributed by atoms with Crippen LogP contribution in [0.1, 0.15) is 0 Å². The van der Waals surface area contributed by atoms with E-state index in [2.05, 4.69) is 37.1 Å². The van der Waals surface area contributed by atoms with Crippen LogP contribution in [-0.4, -0.2) is 91.4 Å². The van der Waals surface area contributed by atoms with E-state index in [1.54, 1.807) is 0 Å². The first-order valence-electron chi connectivity index (χ1n) is 3.39. The first kappa shape index (κ1) is 20.9. The first-order valence-corrected chi connectivity index (χ1v) is 5.23. The fourth-order valence-electron chi connectivity index (χ4n) is 0.300. The van der Waals surface area contributed by atoms with E-state index < -0.39 is 7.82 Å². The van der Waals surface area contributed by atoms with Gasteiger partial charge in [0.2, 0.25) is 0 Å². The van der Waals surface area contributed by atoms with Gasteiger partial charge >= 0.3 is 45.6 Å². The number of halogens is 1. The Morgan fingerprint density at radius 3 is 1.64 bits per heavy atom. The molecule has 0 radical (unpaired) electrons. The van der Waals surface area contributed by atoms with Gasteiger partial charge in [-0.25, -0.2) is 4.57 Å². The van der Waals surface area contributed by atoms with E-state index in [4.69, 9.17) is 14.9 Å². The second-order valence-electron chi connectivity index (χ2n) is 3.30. The van der Waals surface area contributed by atoms with Crippen molar-refractivity contribution in [2.75, 3.05) is 34.3 Å². The molecule has 0 bridgehead atoms. The molecule has 0 rings (SSSR count). The molecule has 0 aliphatic heterocycles. The monoisotopic (exact) mass is 278 g/mol. The number of hydrogen-bond donors (Lipinski definition) is 3. The molecule has 0 aliphatic rings. The molecule has 0 aromatic rings. The third kappa shape index (κ3) is 29.2. The molecule has 0 aromatic carbocycles. The number of nitrogens with zero attached hydrogens (tertiary/aromatic N) is 1.